The van der Waals surface area contributed by atoms with E-state index in [1.54, 1.807) is 17.0 Å². The van der Waals surface area contributed by atoms with Crippen molar-refractivity contribution in [2.24, 2.45) is 5.92 Å². The third-order valence-electron chi connectivity index (χ3n) is 6.43. The summed E-state index contributed by atoms with van der Waals surface area (Å²) in [6, 6.07) is 20.6. The number of hydrogen-bond donors (Lipinski definition) is 1. The van der Waals surface area contributed by atoms with Crippen LogP contribution < -0.4 is 24.3 Å². The Hall–Kier alpha value is -4.20. The van der Waals surface area contributed by atoms with E-state index in [-0.39, 0.29) is 17.7 Å². The van der Waals surface area contributed by atoms with E-state index in [2.05, 4.69) is 5.32 Å². The molecule has 0 atom stereocenters. The third kappa shape index (κ3) is 6.33. The van der Waals surface area contributed by atoms with Gasteiger partial charge in [0.2, 0.25) is 11.7 Å². The molecule has 8 nitrogen and oxygen atoms in total. The maximum atomic E-state index is 13.1. The van der Waals surface area contributed by atoms with E-state index < -0.39 is 0 Å². The smallest absolute Gasteiger partial charge is 0.254 e. The number of benzene rings is 3. The van der Waals surface area contributed by atoms with Crippen molar-refractivity contribution in [2.45, 2.75) is 19.4 Å². The number of rotatable bonds is 9. The summed E-state index contributed by atoms with van der Waals surface area (Å²) in [5.41, 5.74) is 2.26. The van der Waals surface area contributed by atoms with Gasteiger partial charge in [-0.2, -0.15) is 0 Å². The average molecular weight is 505 g/mol. The second kappa shape index (κ2) is 12.2. The predicted octanol–water partition coefficient (Wildman–Crippen LogP) is 4.78. The summed E-state index contributed by atoms with van der Waals surface area (Å²) in [5.74, 6) is 1.68. The molecule has 4 rings (SSSR count). The van der Waals surface area contributed by atoms with E-state index in [0.717, 1.165) is 11.3 Å². The molecule has 8 heteroatoms. The summed E-state index contributed by atoms with van der Waals surface area (Å²) in [5, 5.41) is 2.99. The molecule has 1 aliphatic rings. The number of methoxy groups -OCH3 is 3. The Morgan fingerprint density at radius 3 is 2.05 bits per heavy atom. The fraction of sp³-hybridized carbons (Fsp3) is 0.310. The van der Waals surface area contributed by atoms with Crippen LogP contribution in [0.15, 0.2) is 66.7 Å². The summed E-state index contributed by atoms with van der Waals surface area (Å²) < 4.78 is 21.9. The number of amides is 2. The van der Waals surface area contributed by atoms with E-state index >= 15 is 0 Å². The van der Waals surface area contributed by atoms with Crippen molar-refractivity contribution in [3.8, 4) is 23.0 Å². The second-order valence-corrected chi connectivity index (χ2v) is 8.77. The lowest BCUT2D eigenvalue weighted by Gasteiger charge is -2.31. The predicted molar refractivity (Wildman–Crippen MR) is 141 cm³/mol. The molecule has 0 radical (unpaired) electrons. The van der Waals surface area contributed by atoms with Gasteiger partial charge in [-0.15, -0.1) is 0 Å². The zero-order chi connectivity index (χ0) is 26.2. The van der Waals surface area contributed by atoms with E-state index in [4.69, 9.17) is 18.9 Å². The number of ether oxygens (including phenoxy) is 4. The molecule has 1 fully saturated rings. The second-order valence-electron chi connectivity index (χ2n) is 8.77. The Morgan fingerprint density at radius 1 is 0.865 bits per heavy atom. The van der Waals surface area contributed by atoms with Crippen molar-refractivity contribution in [3.05, 3.63) is 77.9 Å². The molecule has 1 N–H and O–H groups in total. The summed E-state index contributed by atoms with van der Waals surface area (Å²) in [4.78, 5) is 27.7. The van der Waals surface area contributed by atoms with Gasteiger partial charge in [-0.05, 0) is 54.8 Å². The van der Waals surface area contributed by atoms with Crippen LogP contribution in [0.5, 0.6) is 23.0 Å². The minimum absolute atomic E-state index is 0.0437. The zero-order valence-electron chi connectivity index (χ0n) is 21.4. The van der Waals surface area contributed by atoms with Crippen LogP contribution in [0.25, 0.3) is 0 Å². The number of likely N-dealkylation sites (tertiary alicyclic amines) is 1. The highest BCUT2D eigenvalue weighted by Crippen LogP contribution is 2.38. The largest absolute Gasteiger partial charge is 0.493 e. The SMILES string of the molecule is COc1cc(C(=O)N2CCC(C(=O)Nc3ccc(OCc4ccccc4)cc3)CC2)cc(OC)c1OC. The minimum atomic E-state index is -0.169. The van der Waals surface area contributed by atoms with E-state index in [1.165, 1.54) is 21.3 Å². The van der Waals surface area contributed by atoms with Gasteiger partial charge in [0.25, 0.3) is 5.91 Å². The molecule has 194 valence electrons. The molecule has 37 heavy (non-hydrogen) atoms. The number of piperidine rings is 1. The van der Waals surface area contributed by atoms with Gasteiger partial charge in [0.15, 0.2) is 11.5 Å². The maximum absolute atomic E-state index is 13.1. The molecule has 0 saturated carbocycles. The van der Waals surface area contributed by atoms with Crippen LogP contribution >= 0.6 is 0 Å². The lowest BCUT2D eigenvalue weighted by molar-refractivity contribution is -0.121. The fourth-order valence-corrected chi connectivity index (χ4v) is 4.35. The van der Waals surface area contributed by atoms with Crippen molar-refractivity contribution >= 4 is 17.5 Å². The van der Waals surface area contributed by atoms with Crippen molar-refractivity contribution in [1.29, 1.82) is 0 Å². The van der Waals surface area contributed by atoms with Crippen molar-refractivity contribution in [1.82, 2.24) is 4.90 Å². The summed E-state index contributed by atoms with van der Waals surface area (Å²) >= 11 is 0. The molecule has 0 bridgehead atoms. The molecule has 2 amide bonds. The topological polar surface area (TPSA) is 86.3 Å². The number of carbonyl (C=O) groups is 2. The van der Waals surface area contributed by atoms with Crippen molar-refractivity contribution in [3.63, 3.8) is 0 Å². The highest BCUT2D eigenvalue weighted by atomic mass is 16.5. The number of hydrogen-bond acceptors (Lipinski definition) is 6. The lowest BCUT2D eigenvalue weighted by atomic mass is 9.95. The average Bonchev–Trinajstić information content (AvgIpc) is 2.96. The summed E-state index contributed by atoms with van der Waals surface area (Å²) in [6.07, 6.45) is 1.17. The normalized spacial score (nSPS) is 13.5. The van der Waals surface area contributed by atoms with E-state index in [1.807, 2.05) is 54.6 Å². The van der Waals surface area contributed by atoms with Crippen LogP contribution in [0.4, 0.5) is 5.69 Å². The Bertz CT molecular complexity index is 1180. The van der Waals surface area contributed by atoms with Gasteiger partial charge in [-0.1, -0.05) is 30.3 Å². The van der Waals surface area contributed by atoms with Crippen LogP contribution in [0.2, 0.25) is 0 Å². The van der Waals surface area contributed by atoms with E-state index in [9.17, 15) is 9.59 Å². The van der Waals surface area contributed by atoms with Crippen LogP contribution in [-0.4, -0.2) is 51.1 Å². The van der Waals surface area contributed by atoms with Gasteiger partial charge in [-0.3, -0.25) is 9.59 Å². The zero-order valence-corrected chi connectivity index (χ0v) is 21.4. The first-order chi connectivity index (χ1) is 18.0. The minimum Gasteiger partial charge on any atom is -0.493 e. The van der Waals surface area contributed by atoms with Crippen LogP contribution in [0, 0.1) is 5.92 Å². The molecule has 3 aromatic carbocycles. The van der Waals surface area contributed by atoms with Crippen LogP contribution in [-0.2, 0) is 11.4 Å². The Kier molecular flexibility index (Phi) is 8.51. The standard InChI is InChI=1S/C29H32N2O6/c1-34-25-17-22(18-26(35-2)27(25)36-3)29(33)31-15-13-21(14-16-31)28(32)30-23-9-11-24(12-10-23)37-19-20-7-5-4-6-8-20/h4-12,17-18,21H,13-16,19H2,1-3H3,(H,30,32). The fourth-order valence-electron chi connectivity index (χ4n) is 4.35. The first-order valence-corrected chi connectivity index (χ1v) is 12.2. The molecule has 0 aromatic heterocycles. The summed E-state index contributed by atoms with van der Waals surface area (Å²) in [7, 11) is 4.55. The highest BCUT2D eigenvalue weighted by Gasteiger charge is 2.29. The molecular formula is C29H32N2O6. The molecule has 3 aromatic rings. The number of carbonyl (C=O) groups excluding carboxylic acids is 2. The van der Waals surface area contributed by atoms with Crippen LogP contribution in [0.3, 0.4) is 0 Å². The first-order valence-electron chi connectivity index (χ1n) is 12.2. The van der Waals surface area contributed by atoms with Gasteiger partial charge < -0.3 is 29.2 Å². The number of nitrogens with zero attached hydrogens (tertiary/aromatic N) is 1. The van der Waals surface area contributed by atoms with Gasteiger partial charge >= 0.3 is 0 Å². The number of anilines is 1. The molecule has 0 unspecified atom stereocenters. The van der Waals surface area contributed by atoms with Crippen molar-refractivity contribution in [2.75, 3.05) is 39.7 Å². The van der Waals surface area contributed by atoms with Crippen LogP contribution in [0.1, 0.15) is 28.8 Å². The highest BCUT2D eigenvalue weighted by molar-refractivity contribution is 5.96. The number of nitrogens with one attached hydrogen (secondary N) is 1. The Labute approximate surface area is 217 Å². The lowest BCUT2D eigenvalue weighted by Crippen LogP contribution is -2.41. The molecule has 0 aliphatic carbocycles. The van der Waals surface area contributed by atoms with Gasteiger partial charge in [0.1, 0.15) is 12.4 Å². The van der Waals surface area contributed by atoms with Gasteiger partial charge in [0, 0.05) is 30.3 Å². The molecule has 1 saturated heterocycles. The Balaban J connectivity index is 1.29. The molecule has 1 aliphatic heterocycles. The summed E-state index contributed by atoms with van der Waals surface area (Å²) in [6.45, 7) is 1.46. The van der Waals surface area contributed by atoms with Crippen molar-refractivity contribution < 1.29 is 28.5 Å². The third-order valence-corrected chi connectivity index (χ3v) is 6.43. The molecule has 0 spiro atoms. The van der Waals surface area contributed by atoms with Gasteiger partial charge in [0.05, 0.1) is 21.3 Å². The van der Waals surface area contributed by atoms with E-state index in [0.29, 0.717) is 61.0 Å². The maximum Gasteiger partial charge on any atom is 0.254 e. The van der Waals surface area contributed by atoms with Gasteiger partial charge in [-0.25, -0.2) is 0 Å². The molecule has 1 heterocycles. The molecular weight excluding hydrogens is 472 g/mol. The first kappa shape index (κ1) is 25.9. The Morgan fingerprint density at radius 2 is 1.49 bits per heavy atom. The quantitative estimate of drug-likeness (QED) is 0.451. The monoisotopic (exact) mass is 504 g/mol.